The number of anilines is 1. The second-order valence-electron chi connectivity index (χ2n) is 8.08. The van der Waals surface area contributed by atoms with Crippen molar-refractivity contribution in [1.29, 1.82) is 0 Å². The molecule has 27 heavy (non-hydrogen) atoms. The zero-order valence-corrected chi connectivity index (χ0v) is 15.5. The molecule has 0 radical (unpaired) electrons. The van der Waals surface area contributed by atoms with Crippen molar-refractivity contribution in [3.8, 4) is 0 Å². The van der Waals surface area contributed by atoms with Gasteiger partial charge in [0.1, 0.15) is 5.82 Å². The number of carbonyl (C=O) groups is 2. The van der Waals surface area contributed by atoms with Crippen LogP contribution in [0.5, 0.6) is 0 Å². The largest absolute Gasteiger partial charge is 0.369 e. The summed E-state index contributed by atoms with van der Waals surface area (Å²) in [6, 6.07) is 5.09. The van der Waals surface area contributed by atoms with Crippen LogP contribution in [-0.2, 0) is 9.59 Å². The fourth-order valence-corrected chi connectivity index (χ4v) is 4.79. The van der Waals surface area contributed by atoms with Crippen LogP contribution in [0.15, 0.2) is 18.2 Å². The predicted molar refractivity (Wildman–Crippen MR) is 100 cm³/mol. The number of hydrogen-bond donors (Lipinski definition) is 2. The highest BCUT2D eigenvalue weighted by Crippen LogP contribution is 2.35. The number of nitrogens with zero attached hydrogens (tertiary/aromatic N) is 2. The molecule has 4 rings (SSSR count). The van der Waals surface area contributed by atoms with Crippen LogP contribution in [0.3, 0.4) is 0 Å². The highest BCUT2D eigenvalue weighted by atomic mass is 19.1. The van der Waals surface area contributed by atoms with Crippen LogP contribution in [0.1, 0.15) is 43.6 Å². The maximum absolute atomic E-state index is 14.8. The Morgan fingerprint density at radius 3 is 2.48 bits per heavy atom. The molecule has 3 aliphatic rings. The second kappa shape index (κ2) is 7.56. The van der Waals surface area contributed by atoms with E-state index in [1.165, 1.54) is 6.07 Å². The quantitative estimate of drug-likeness (QED) is 0.623. The molecule has 6 nitrogen and oxygen atoms in total. The Kier molecular flexibility index (Phi) is 5.14. The number of halogens is 1. The summed E-state index contributed by atoms with van der Waals surface area (Å²) in [5.74, 6) is 5.80. The number of rotatable bonds is 3. The van der Waals surface area contributed by atoms with Crippen LogP contribution < -0.4 is 16.1 Å². The van der Waals surface area contributed by atoms with Crippen LogP contribution in [0, 0.1) is 17.7 Å². The fraction of sp³-hybridized carbons (Fsp3) is 0.600. The van der Waals surface area contributed by atoms with E-state index >= 15 is 0 Å². The number of nitrogens with two attached hydrogens (primary N) is 1. The van der Waals surface area contributed by atoms with Crippen molar-refractivity contribution in [3.63, 3.8) is 0 Å². The van der Waals surface area contributed by atoms with Crippen molar-refractivity contribution in [2.75, 3.05) is 31.1 Å². The van der Waals surface area contributed by atoms with E-state index in [1.54, 1.807) is 6.07 Å². The molecule has 0 spiro atoms. The van der Waals surface area contributed by atoms with Gasteiger partial charge in [0.05, 0.1) is 11.6 Å². The first-order chi connectivity index (χ1) is 13.0. The number of hydrogen-bond acceptors (Lipinski definition) is 5. The predicted octanol–water partition coefficient (Wildman–Crippen LogP) is 1.76. The number of benzene rings is 1. The third-order valence-corrected chi connectivity index (χ3v) is 6.42. The Balaban J connectivity index is 1.43. The van der Waals surface area contributed by atoms with Gasteiger partial charge in [0.2, 0.25) is 11.8 Å². The highest BCUT2D eigenvalue weighted by Gasteiger charge is 2.33. The summed E-state index contributed by atoms with van der Waals surface area (Å²) in [6.45, 7) is 3.62. The molecule has 2 unspecified atom stereocenters. The summed E-state index contributed by atoms with van der Waals surface area (Å²) in [4.78, 5) is 25.5. The SMILES string of the molecule is NN1CCC(C2CCN(c3ccc(C4CCC(=O)NC4=O)cc3F)C2)CC1. The van der Waals surface area contributed by atoms with E-state index in [1.807, 2.05) is 11.1 Å². The molecule has 1 aromatic rings. The van der Waals surface area contributed by atoms with E-state index in [-0.39, 0.29) is 17.6 Å². The number of imide groups is 1. The van der Waals surface area contributed by atoms with Gasteiger partial charge >= 0.3 is 0 Å². The average Bonchev–Trinajstić information content (AvgIpc) is 3.12. The lowest BCUT2D eigenvalue weighted by molar-refractivity contribution is -0.134. The van der Waals surface area contributed by atoms with Crippen molar-refractivity contribution in [2.24, 2.45) is 17.7 Å². The number of hydrazine groups is 1. The minimum atomic E-state index is -0.445. The van der Waals surface area contributed by atoms with Crippen LogP contribution in [0.2, 0.25) is 0 Å². The Morgan fingerprint density at radius 1 is 1.04 bits per heavy atom. The summed E-state index contributed by atoms with van der Waals surface area (Å²) in [7, 11) is 0. The zero-order valence-electron chi connectivity index (χ0n) is 15.5. The molecule has 3 heterocycles. The molecule has 3 fully saturated rings. The first-order valence-electron chi connectivity index (χ1n) is 9.89. The first kappa shape index (κ1) is 18.4. The van der Waals surface area contributed by atoms with Crippen molar-refractivity contribution in [3.05, 3.63) is 29.6 Å². The van der Waals surface area contributed by atoms with Gasteiger partial charge in [-0.3, -0.25) is 20.7 Å². The molecular formula is C20H27FN4O2. The number of piperidine rings is 2. The Morgan fingerprint density at radius 2 is 1.78 bits per heavy atom. The van der Waals surface area contributed by atoms with E-state index in [0.717, 1.165) is 45.4 Å². The fourth-order valence-electron chi connectivity index (χ4n) is 4.79. The zero-order chi connectivity index (χ0) is 19.0. The lowest BCUT2D eigenvalue weighted by atomic mass is 9.84. The standard InChI is InChI=1S/C20H27FN4O2/c21-17-11-14(16-2-4-19(26)23-20(16)27)1-3-18(17)24-8-5-15(12-24)13-6-9-25(22)10-7-13/h1,3,11,13,15-16H,2,4-10,12,22H2,(H,23,26,27). The van der Waals surface area contributed by atoms with Gasteiger partial charge in [-0.25, -0.2) is 9.40 Å². The minimum Gasteiger partial charge on any atom is -0.369 e. The third-order valence-electron chi connectivity index (χ3n) is 6.42. The van der Waals surface area contributed by atoms with E-state index in [2.05, 4.69) is 10.2 Å². The van der Waals surface area contributed by atoms with Gasteiger partial charge < -0.3 is 4.90 Å². The first-order valence-corrected chi connectivity index (χ1v) is 9.89. The van der Waals surface area contributed by atoms with Crippen molar-refractivity contribution in [2.45, 2.75) is 38.0 Å². The van der Waals surface area contributed by atoms with Gasteiger partial charge in [-0.1, -0.05) is 6.07 Å². The van der Waals surface area contributed by atoms with Crippen LogP contribution in [-0.4, -0.2) is 43.0 Å². The summed E-state index contributed by atoms with van der Waals surface area (Å²) >= 11 is 0. The van der Waals surface area contributed by atoms with Crippen molar-refractivity contribution < 1.29 is 14.0 Å². The van der Waals surface area contributed by atoms with Gasteiger partial charge in [-0.2, -0.15) is 0 Å². The topological polar surface area (TPSA) is 78.7 Å². The summed E-state index contributed by atoms with van der Waals surface area (Å²) in [5, 5.41) is 4.22. The third kappa shape index (κ3) is 3.84. The summed E-state index contributed by atoms with van der Waals surface area (Å²) < 4.78 is 14.8. The molecule has 0 aromatic heterocycles. The van der Waals surface area contributed by atoms with Crippen molar-refractivity contribution >= 4 is 17.5 Å². The van der Waals surface area contributed by atoms with Gasteiger partial charge in [0.15, 0.2) is 0 Å². The number of nitrogens with one attached hydrogen (secondary N) is 1. The minimum absolute atomic E-state index is 0.253. The highest BCUT2D eigenvalue weighted by molar-refractivity contribution is 6.00. The molecule has 7 heteroatoms. The Labute approximate surface area is 158 Å². The van der Waals surface area contributed by atoms with Crippen LogP contribution in [0.25, 0.3) is 0 Å². The molecule has 3 aliphatic heterocycles. The molecule has 2 amide bonds. The summed E-state index contributed by atoms with van der Waals surface area (Å²) in [6.07, 6.45) is 4.06. The normalized spacial score (nSPS) is 27.9. The van der Waals surface area contributed by atoms with Crippen LogP contribution in [0.4, 0.5) is 10.1 Å². The Hall–Kier alpha value is -1.99. The monoisotopic (exact) mass is 374 g/mol. The molecule has 3 saturated heterocycles. The molecular weight excluding hydrogens is 347 g/mol. The lowest BCUT2D eigenvalue weighted by Gasteiger charge is -2.32. The van der Waals surface area contributed by atoms with Gasteiger partial charge in [-0.15, -0.1) is 0 Å². The molecule has 3 N–H and O–H groups in total. The second-order valence-corrected chi connectivity index (χ2v) is 8.08. The molecule has 146 valence electrons. The molecule has 0 bridgehead atoms. The molecule has 0 aliphatic carbocycles. The van der Waals surface area contributed by atoms with Gasteiger partial charge in [0, 0.05) is 32.6 Å². The Bertz CT molecular complexity index is 733. The van der Waals surface area contributed by atoms with Gasteiger partial charge in [-0.05, 0) is 55.2 Å². The summed E-state index contributed by atoms with van der Waals surface area (Å²) in [5.41, 5.74) is 1.26. The van der Waals surface area contributed by atoms with Gasteiger partial charge in [0.25, 0.3) is 0 Å². The lowest BCUT2D eigenvalue weighted by Crippen LogP contribution is -2.41. The van der Waals surface area contributed by atoms with Crippen LogP contribution >= 0.6 is 0 Å². The maximum atomic E-state index is 14.8. The van der Waals surface area contributed by atoms with E-state index in [4.69, 9.17) is 5.84 Å². The number of amides is 2. The molecule has 1 aromatic carbocycles. The van der Waals surface area contributed by atoms with Crippen molar-refractivity contribution in [1.82, 2.24) is 10.3 Å². The van der Waals surface area contributed by atoms with E-state index in [9.17, 15) is 14.0 Å². The molecule has 2 atom stereocenters. The smallest absolute Gasteiger partial charge is 0.234 e. The number of carbonyl (C=O) groups excluding carboxylic acids is 2. The molecule has 0 saturated carbocycles. The van der Waals surface area contributed by atoms with E-state index in [0.29, 0.717) is 35.9 Å². The van der Waals surface area contributed by atoms with E-state index < -0.39 is 5.92 Å². The maximum Gasteiger partial charge on any atom is 0.234 e. The average molecular weight is 374 g/mol.